The van der Waals surface area contributed by atoms with Crippen molar-refractivity contribution >= 4 is 11.8 Å². The molecule has 0 spiro atoms. The molecule has 2 rings (SSSR count). The van der Waals surface area contributed by atoms with Crippen LogP contribution in [0.25, 0.3) is 0 Å². The van der Waals surface area contributed by atoms with Crippen molar-refractivity contribution in [2.24, 2.45) is 11.1 Å². The molecule has 138 valence electrons. The average Bonchev–Trinajstić information content (AvgIpc) is 2.59. The van der Waals surface area contributed by atoms with Gasteiger partial charge in [-0.15, -0.1) is 0 Å². The zero-order chi connectivity index (χ0) is 18.0. The lowest BCUT2D eigenvalue weighted by Gasteiger charge is -2.57. The van der Waals surface area contributed by atoms with Crippen molar-refractivity contribution in [1.82, 2.24) is 10.2 Å². The van der Waals surface area contributed by atoms with Crippen LogP contribution in [0.5, 0.6) is 0 Å². The summed E-state index contributed by atoms with van der Waals surface area (Å²) in [7, 11) is 0. The van der Waals surface area contributed by atoms with Crippen LogP contribution in [0.1, 0.15) is 40.5 Å². The number of carbonyl (C=O) groups is 2. The van der Waals surface area contributed by atoms with Crippen molar-refractivity contribution in [3.63, 3.8) is 0 Å². The molecular weight excluding hydrogens is 310 g/mol. The fraction of sp³-hybridized carbons (Fsp3) is 0.882. The summed E-state index contributed by atoms with van der Waals surface area (Å²) in [5.41, 5.74) is 4.92. The third kappa shape index (κ3) is 3.30. The largest absolute Gasteiger partial charge is 0.378 e. The van der Waals surface area contributed by atoms with E-state index in [1.54, 1.807) is 4.90 Å². The third-order valence-electron chi connectivity index (χ3n) is 5.57. The summed E-state index contributed by atoms with van der Waals surface area (Å²) in [5.74, 6) is -0.326. The van der Waals surface area contributed by atoms with Crippen LogP contribution in [-0.2, 0) is 19.1 Å². The van der Waals surface area contributed by atoms with Gasteiger partial charge in [-0.3, -0.25) is 9.59 Å². The molecule has 7 nitrogen and oxygen atoms in total. The lowest BCUT2D eigenvalue weighted by Crippen LogP contribution is -2.76. The summed E-state index contributed by atoms with van der Waals surface area (Å²) >= 11 is 0. The topological polar surface area (TPSA) is 93.9 Å². The highest BCUT2D eigenvalue weighted by Crippen LogP contribution is 2.49. The first kappa shape index (κ1) is 19.1. The van der Waals surface area contributed by atoms with Crippen molar-refractivity contribution in [3.05, 3.63) is 0 Å². The minimum Gasteiger partial charge on any atom is -0.378 e. The van der Waals surface area contributed by atoms with Gasteiger partial charge in [-0.1, -0.05) is 20.8 Å². The number of nitrogens with two attached hydrogens (primary N) is 1. The molecule has 0 bridgehead atoms. The van der Waals surface area contributed by atoms with Crippen LogP contribution in [0.3, 0.4) is 0 Å². The van der Waals surface area contributed by atoms with Crippen LogP contribution < -0.4 is 11.1 Å². The van der Waals surface area contributed by atoms with Gasteiger partial charge in [0.15, 0.2) is 0 Å². The molecule has 0 aromatic carbocycles. The summed E-state index contributed by atoms with van der Waals surface area (Å²) < 4.78 is 10.9. The molecule has 1 aliphatic heterocycles. The highest BCUT2D eigenvalue weighted by atomic mass is 16.5. The Morgan fingerprint density at radius 1 is 1.33 bits per heavy atom. The molecule has 0 radical (unpaired) electrons. The summed E-state index contributed by atoms with van der Waals surface area (Å²) in [5, 5.41) is 2.87. The number of ether oxygens (including phenoxy) is 2. The van der Waals surface area contributed by atoms with Gasteiger partial charge in [0.05, 0.1) is 19.3 Å². The standard InChI is InChI=1S/C17H31N3O4/c1-5-12(14(21)20-7-9-23-10-8-20)19-15(22)17(18)11-13(24-6-2)16(17,3)4/h12-13H,5-11,18H2,1-4H3,(H,19,22). The van der Waals surface area contributed by atoms with E-state index >= 15 is 0 Å². The molecule has 1 saturated carbocycles. The third-order valence-corrected chi connectivity index (χ3v) is 5.57. The Hall–Kier alpha value is -1.18. The SMILES string of the molecule is CCOC1CC(N)(C(=O)NC(CC)C(=O)N2CCOCC2)C1(C)C. The molecular formula is C17H31N3O4. The van der Waals surface area contributed by atoms with Gasteiger partial charge in [-0.2, -0.15) is 0 Å². The molecule has 2 aliphatic rings. The molecule has 3 unspecified atom stereocenters. The molecule has 0 aromatic heterocycles. The number of morpholine rings is 1. The monoisotopic (exact) mass is 341 g/mol. The van der Waals surface area contributed by atoms with E-state index in [4.69, 9.17) is 15.2 Å². The van der Waals surface area contributed by atoms with Crippen LogP contribution in [0.4, 0.5) is 0 Å². The minimum absolute atomic E-state index is 0.0340. The summed E-state index contributed by atoms with van der Waals surface area (Å²) in [6, 6.07) is -0.544. The van der Waals surface area contributed by atoms with Gasteiger partial charge in [-0.25, -0.2) is 0 Å². The normalized spacial score (nSPS) is 30.4. The predicted octanol–water partition coefficient (Wildman–Crippen LogP) is 0.273. The van der Waals surface area contributed by atoms with E-state index in [1.807, 2.05) is 27.7 Å². The molecule has 2 fully saturated rings. The van der Waals surface area contributed by atoms with Crippen molar-refractivity contribution in [1.29, 1.82) is 0 Å². The second-order valence-electron chi connectivity index (χ2n) is 7.21. The van der Waals surface area contributed by atoms with Gasteiger partial charge in [-0.05, 0) is 13.3 Å². The maximum atomic E-state index is 12.8. The Labute approximate surface area is 144 Å². The molecule has 1 heterocycles. The van der Waals surface area contributed by atoms with Gasteiger partial charge in [0.25, 0.3) is 0 Å². The first-order valence-corrected chi connectivity index (χ1v) is 8.86. The van der Waals surface area contributed by atoms with Gasteiger partial charge in [0, 0.05) is 31.5 Å². The van der Waals surface area contributed by atoms with E-state index in [9.17, 15) is 9.59 Å². The molecule has 2 amide bonds. The number of amides is 2. The quantitative estimate of drug-likeness (QED) is 0.723. The molecule has 7 heteroatoms. The molecule has 1 saturated heterocycles. The number of nitrogens with one attached hydrogen (secondary N) is 1. The van der Waals surface area contributed by atoms with Gasteiger partial charge < -0.3 is 25.4 Å². The van der Waals surface area contributed by atoms with Gasteiger partial charge in [0.2, 0.25) is 11.8 Å². The smallest absolute Gasteiger partial charge is 0.245 e. The van der Waals surface area contributed by atoms with E-state index in [-0.39, 0.29) is 17.9 Å². The molecule has 0 aromatic rings. The average molecular weight is 341 g/mol. The lowest BCUT2D eigenvalue weighted by molar-refractivity contribution is -0.172. The number of nitrogens with zero attached hydrogens (tertiary/aromatic N) is 1. The van der Waals surface area contributed by atoms with Crippen molar-refractivity contribution in [3.8, 4) is 0 Å². The number of hydrogen-bond donors (Lipinski definition) is 2. The first-order chi connectivity index (χ1) is 11.3. The highest BCUT2D eigenvalue weighted by Gasteiger charge is 2.63. The van der Waals surface area contributed by atoms with E-state index in [0.29, 0.717) is 45.8 Å². The Kier molecular flexibility index (Phi) is 5.88. The Balaban J connectivity index is 2.00. The predicted molar refractivity (Wildman–Crippen MR) is 90.4 cm³/mol. The second kappa shape index (κ2) is 7.37. The van der Waals surface area contributed by atoms with Gasteiger partial charge in [0.1, 0.15) is 11.6 Å². The zero-order valence-electron chi connectivity index (χ0n) is 15.3. The lowest BCUT2D eigenvalue weighted by atomic mass is 9.54. The first-order valence-electron chi connectivity index (χ1n) is 8.86. The summed E-state index contributed by atoms with van der Waals surface area (Å²) in [6.45, 7) is 10.5. The molecule has 3 N–H and O–H groups in total. The number of rotatable bonds is 6. The van der Waals surface area contributed by atoms with E-state index < -0.39 is 17.0 Å². The Bertz CT molecular complexity index is 476. The molecule has 1 aliphatic carbocycles. The number of carbonyl (C=O) groups excluding carboxylic acids is 2. The fourth-order valence-electron chi connectivity index (χ4n) is 3.45. The van der Waals surface area contributed by atoms with Crippen molar-refractivity contribution in [2.45, 2.75) is 58.2 Å². The van der Waals surface area contributed by atoms with Crippen LogP contribution in [0.2, 0.25) is 0 Å². The maximum absolute atomic E-state index is 12.8. The second-order valence-corrected chi connectivity index (χ2v) is 7.21. The van der Waals surface area contributed by atoms with Gasteiger partial charge >= 0.3 is 0 Å². The van der Waals surface area contributed by atoms with Crippen LogP contribution in [-0.4, -0.2) is 67.3 Å². The zero-order valence-corrected chi connectivity index (χ0v) is 15.3. The maximum Gasteiger partial charge on any atom is 0.245 e. The van der Waals surface area contributed by atoms with E-state index in [0.717, 1.165) is 0 Å². The summed E-state index contributed by atoms with van der Waals surface area (Å²) in [6.07, 6.45) is 0.975. The molecule has 3 atom stereocenters. The highest BCUT2D eigenvalue weighted by molar-refractivity contribution is 5.93. The van der Waals surface area contributed by atoms with Crippen LogP contribution >= 0.6 is 0 Å². The van der Waals surface area contributed by atoms with Crippen molar-refractivity contribution < 1.29 is 19.1 Å². The van der Waals surface area contributed by atoms with E-state index in [1.165, 1.54) is 0 Å². The Morgan fingerprint density at radius 3 is 2.46 bits per heavy atom. The number of hydrogen-bond acceptors (Lipinski definition) is 5. The molecule has 24 heavy (non-hydrogen) atoms. The fourth-order valence-corrected chi connectivity index (χ4v) is 3.45. The minimum atomic E-state index is -1.01. The summed E-state index contributed by atoms with van der Waals surface area (Å²) in [4.78, 5) is 27.1. The van der Waals surface area contributed by atoms with Crippen LogP contribution in [0.15, 0.2) is 0 Å². The van der Waals surface area contributed by atoms with Crippen LogP contribution in [0, 0.1) is 5.41 Å². The van der Waals surface area contributed by atoms with Crippen molar-refractivity contribution in [2.75, 3.05) is 32.9 Å². The van der Waals surface area contributed by atoms with E-state index in [2.05, 4.69) is 5.32 Å². The Morgan fingerprint density at radius 2 is 1.96 bits per heavy atom.